The third-order valence-corrected chi connectivity index (χ3v) is 4.01. The Bertz CT molecular complexity index is 444. The number of hydrogen-bond donors (Lipinski definition) is 0. The summed E-state index contributed by atoms with van der Waals surface area (Å²) in [6.07, 6.45) is 0. The highest BCUT2D eigenvalue weighted by atomic mass is 127. The van der Waals surface area contributed by atoms with E-state index in [4.69, 9.17) is 0 Å². The molecule has 78 valence electrons. The molecule has 0 aliphatic carbocycles. The summed E-state index contributed by atoms with van der Waals surface area (Å²) in [4.78, 5) is 5.27. The lowest BCUT2D eigenvalue weighted by atomic mass is 10.4. The summed E-state index contributed by atoms with van der Waals surface area (Å²) in [6.45, 7) is 0. The Morgan fingerprint density at radius 1 is 1.33 bits per heavy atom. The van der Waals surface area contributed by atoms with Crippen LogP contribution in [0.2, 0.25) is 0 Å². The van der Waals surface area contributed by atoms with Crippen molar-refractivity contribution in [3.63, 3.8) is 0 Å². The molecule has 0 aliphatic heterocycles. The number of hydrogen-bond acceptors (Lipinski definition) is 4. The minimum atomic E-state index is -0.208. The molecule has 15 heavy (non-hydrogen) atoms. The molecule has 0 saturated heterocycles. The van der Waals surface area contributed by atoms with Gasteiger partial charge in [-0.25, -0.2) is 9.37 Å². The zero-order valence-corrected chi connectivity index (χ0v) is 11.3. The zero-order valence-electron chi connectivity index (χ0n) is 7.48. The van der Waals surface area contributed by atoms with Gasteiger partial charge in [0.05, 0.1) is 5.75 Å². The Morgan fingerprint density at radius 2 is 2.07 bits per heavy atom. The lowest BCUT2D eigenvalue weighted by Gasteiger charge is -1.97. The molecule has 2 aromatic rings. The number of rotatable bonds is 3. The highest BCUT2D eigenvalue weighted by molar-refractivity contribution is 14.1. The van der Waals surface area contributed by atoms with Crippen LogP contribution in [0, 0.1) is 8.83 Å². The van der Waals surface area contributed by atoms with Crippen molar-refractivity contribution < 1.29 is 4.39 Å². The second-order valence-electron chi connectivity index (χ2n) is 2.71. The number of thioether (sulfide) groups is 1. The fourth-order valence-corrected chi connectivity index (χ4v) is 2.81. The molecular weight excluding hydrogens is 346 g/mol. The molecular formula is C9H6FIN2S2. The Hall–Kier alpha value is -0.210. The molecule has 1 aromatic carbocycles. The van der Waals surface area contributed by atoms with Crippen molar-refractivity contribution in [2.24, 2.45) is 0 Å². The van der Waals surface area contributed by atoms with Gasteiger partial charge in [-0.15, -0.1) is 11.8 Å². The Morgan fingerprint density at radius 3 is 2.67 bits per heavy atom. The summed E-state index contributed by atoms with van der Waals surface area (Å²) >= 11 is 5.15. The third kappa shape index (κ3) is 3.39. The number of aromatic nitrogens is 2. The first-order chi connectivity index (χ1) is 7.24. The summed E-state index contributed by atoms with van der Waals surface area (Å²) in [5, 5.41) is 0. The molecule has 0 unspecified atom stereocenters. The van der Waals surface area contributed by atoms with Crippen LogP contribution >= 0.6 is 45.9 Å². The van der Waals surface area contributed by atoms with Crippen LogP contribution < -0.4 is 0 Å². The first-order valence-electron chi connectivity index (χ1n) is 4.10. The smallest absolute Gasteiger partial charge is 0.174 e. The van der Waals surface area contributed by atoms with E-state index in [9.17, 15) is 4.39 Å². The van der Waals surface area contributed by atoms with Gasteiger partial charge in [0.1, 0.15) is 5.82 Å². The van der Waals surface area contributed by atoms with Gasteiger partial charge in [0.15, 0.2) is 8.84 Å². The van der Waals surface area contributed by atoms with Gasteiger partial charge in [0, 0.05) is 4.90 Å². The molecule has 0 atom stereocenters. The molecule has 0 radical (unpaired) electrons. The predicted octanol–water partition coefficient (Wildman–Crippen LogP) is 3.57. The minimum Gasteiger partial charge on any atom is -0.213 e. The van der Waals surface area contributed by atoms with Gasteiger partial charge < -0.3 is 0 Å². The maximum Gasteiger partial charge on any atom is 0.174 e. The molecule has 2 rings (SSSR count). The van der Waals surface area contributed by atoms with E-state index in [0.717, 1.165) is 19.5 Å². The number of benzene rings is 1. The van der Waals surface area contributed by atoms with E-state index < -0.39 is 0 Å². The lowest BCUT2D eigenvalue weighted by Crippen LogP contribution is -1.83. The van der Waals surface area contributed by atoms with Gasteiger partial charge in [-0.3, -0.25) is 0 Å². The van der Waals surface area contributed by atoms with Crippen molar-refractivity contribution in [2.75, 3.05) is 0 Å². The van der Waals surface area contributed by atoms with E-state index in [1.807, 2.05) is 0 Å². The van der Waals surface area contributed by atoms with Crippen molar-refractivity contribution in [1.29, 1.82) is 0 Å². The summed E-state index contributed by atoms with van der Waals surface area (Å²) in [6, 6.07) is 6.44. The summed E-state index contributed by atoms with van der Waals surface area (Å²) in [5.74, 6) is 1.35. The Kier molecular flexibility index (Phi) is 3.92. The summed E-state index contributed by atoms with van der Waals surface area (Å²) in [5.41, 5.74) is 0. The van der Waals surface area contributed by atoms with Crippen LogP contribution in [0.3, 0.4) is 0 Å². The van der Waals surface area contributed by atoms with Crippen LogP contribution in [0.25, 0.3) is 0 Å². The lowest BCUT2D eigenvalue weighted by molar-refractivity contribution is 0.626. The summed E-state index contributed by atoms with van der Waals surface area (Å²) < 4.78 is 17.7. The largest absolute Gasteiger partial charge is 0.213 e. The van der Waals surface area contributed by atoms with Crippen molar-refractivity contribution in [3.8, 4) is 0 Å². The van der Waals surface area contributed by atoms with E-state index in [1.165, 1.54) is 23.7 Å². The van der Waals surface area contributed by atoms with Crippen molar-refractivity contribution >= 4 is 45.9 Å². The molecule has 0 N–H and O–H groups in total. The van der Waals surface area contributed by atoms with Gasteiger partial charge in [0.25, 0.3) is 0 Å². The summed E-state index contributed by atoms with van der Waals surface area (Å²) in [7, 11) is 0. The molecule has 1 aromatic heterocycles. The van der Waals surface area contributed by atoms with Gasteiger partial charge in [0.2, 0.25) is 0 Å². The topological polar surface area (TPSA) is 25.8 Å². The van der Waals surface area contributed by atoms with Crippen molar-refractivity contribution in [3.05, 3.63) is 38.9 Å². The van der Waals surface area contributed by atoms with Crippen LogP contribution in [0.1, 0.15) is 5.82 Å². The molecule has 6 heteroatoms. The van der Waals surface area contributed by atoms with Gasteiger partial charge in [-0.05, 0) is 58.4 Å². The van der Waals surface area contributed by atoms with Gasteiger partial charge in [-0.1, -0.05) is 0 Å². The van der Waals surface area contributed by atoms with Gasteiger partial charge in [-0.2, -0.15) is 4.37 Å². The van der Waals surface area contributed by atoms with Crippen LogP contribution in [-0.4, -0.2) is 9.36 Å². The van der Waals surface area contributed by atoms with E-state index in [0.29, 0.717) is 0 Å². The second-order valence-corrected chi connectivity index (χ2v) is 6.26. The van der Waals surface area contributed by atoms with Crippen LogP contribution in [0.15, 0.2) is 29.2 Å². The molecule has 0 amide bonds. The van der Waals surface area contributed by atoms with Crippen LogP contribution in [0.4, 0.5) is 4.39 Å². The van der Waals surface area contributed by atoms with E-state index in [2.05, 4.69) is 31.9 Å². The average Bonchev–Trinajstić information content (AvgIpc) is 2.64. The quantitative estimate of drug-likeness (QED) is 0.624. The maximum absolute atomic E-state index is 12.6. The molecule has 0 bridgehead atoms. The van der Waals surface area contributed by atoms with Crippen LogP contribution in [-0.2, 0) is 5.75 Å². The van der Waals surface area contributed by atoms with Gasteiger partial charge >= 0.3 is 0 Å². The first-order valence-corrected chi connectivity index (χ1v) is 6.94. The molecule has 2 nitrogen and oxygen atoms in total. The fourth-order valence-electron chi connectivity index (χ4n) is 0.970. The van der Waals surface area contributed by atoms with E-state index in [-0.39, 0.29) is 5.82 Å². The van der Waals surface area contributed by atoms with E-state index in [1.54, 1.807) is 23.9 Å². The Labute approximate surface area is 109 Å². The Balaban J connectivity index is 1.96. The SMILES string of the molecule is Fc1ccc(SCc2nsc(I)n2)cc1. The number of nitrogens with zero attached hydrogens (tertiary/aromatic N) is 2. The van der Waals surface area contributed by atoms with Crippen LogP contribution in [0.5, 0.6) is 0 Å². The van der Waals surface area contributed by atoms with Crippen molar-refractivity contribution in [2.45, 2.75) is 10.6 Å². The fraction of sp³-hybridized carbons (Fsp3) is 0.111. The standard InChI is InChI=1S/C9H6FIN2S2/c10-6-1-3-7(4-2-6)14-5-8-12-9(11)15-13-8/h1-4H,5H2. The monoisotopic (exact) mass is 352 g/mol. The highest BCUT2D eigenvalue weighted by Gasteiger charge is 2.02. The third-order valence-electron chi connectivity index (χ3n) is 1.62. The normalized spacial score (nSPS) is 10.5. The molecule has 0 aliphatic rings. The average molecular weight is 352 g/mol. The predicted molar refractivity (Wildman–Crippen MR) is 68.6 cm³/mol. The van der Waals surface area contributed by atoms with E-state index >= 15 is 0 Å². The molecule has 0 saturated carbocycles. The maximum atomic E-state index is 12.6. The molecule has 1 heterocycles. The molecule has 0 fully saturated rings. The number of halogens is 2. The second kappa shape index (κ2) is 5.22. The van der Waals surface area contributed by atoms with Crippen molar-refractivity contribution in [1.82, 2.24) is 9.36 Å². The highest BCUT2D eigenvalue weighted by Crippen LogP contribution is 2.22. The molecule has 0 spiro atoms. The minimum absolute atomic E-state index is 0.208. The first kappa shape index (κ1) is 11.3. The zero-order chi connectivity index (χ0) is 10.7.